The summed E-state index contributed by atoms with van der Waals surface area (Å²) in [5, 5.41) is 0.751. The summed E-state index contributed by atoms with van der Waals surface area (Å²) in [6, 6.07) is 4.59. The van der Waals surface area contributed by atoms with Crippen LogP contribution in [0.5, 0.6) is 0 Å². The normalized spacial score (nSPS) is 11.1. The first-order chi connectivity index (χ1) is 9.96. The maximum Gasteiger partial charge on any atom is 0.353 e. The van der Waals surface area contributed by atoms with Gasteiger partial charge in [-0.15, -0.1) is 0 Å². The van der Waals surface area contributed by atoms with E-state index in [1.165, 1.54) is 18.2 Å². The van der Waals surface area contributed by atoms with E-state index in [1.807, 2.05) is 0 Å². The lowest BCUT2D eigenvalue weighted by Gasteiger charge is -2.06. The van der Waals surface area contributed by atoms with Crippen molar-refractivity contribution in [1.29, 1.82) is 0 Å². The third kappa shape index (κ3) is 6.14. The Kier molecular flexibility index (Phi) is 7.19. The SMILES string of the molecule is CCOC(=O)CC(=Nc1cc(Cl)cc(Cl)c1)C(=O)OCC. The third-order valence-corrected chi connectivity index (χ3v) is 2.68. The smallest absolute Gasteiger partial charge is 0.353 e. The predicted molar refractivity (Wildman–Crippen MR) is 81.4 cm³/mol. The van der Waals surface area contributed by atoms with Crippen LogP contribution in [-0.4, -0.2) is 30.9 Å². The Morgan fingerprint density at radius 2 is 1.62 bits per heavy atom. The number of esters is 2. The second kappa shape index (κ2) is 8.64. The molecule has 0 N–H and O–H groups in total. The largest absolute Gasteiger partial charge is 0.466 e. The van der Waals surface area contributed by atoms with Crippen LogP contribution >= 0.6 is 23.2 Å². The number of carbonyl (C=O) groups excluding carboxylic acids is 2. The average molecular weight is 332 g/mol. The first-order valence-electron chi connectivity index (χ1n) is 6.32. The summed E-state index contributed by atoms with van der Waals surface area (Å²) in [4.78, 5) is 27.4. The van der Waals surface area contributed by atoms with Gasteiger partial charge in [-0.05, 0) is 32.0 Å². The highest BCUT2D eigenvalue weighted by atomic mass is 35.5. The Balaban J connectivity index is 3.06. The Labute approximate surface area is 132 Å². The summed E-state index contributed by atoms with van der Waals surface area (Å²) < 4.78 is 9.68. The molecule has 0 amide bonds. The molecule has 0 aliphatic carbocycles. The van der Waals surface area contributed by atoms with Gasteiger partial charge in [0.05, 0.1) is 25.3 Å². The van der Waals surface area contributed by atoms with Gasteiger partial charge >= 0.3 is 11.9 Å². The molecule has 0 bridgehead atoms. The van der Waals surface area contributed by atoms with E-state index in [1.54, 1.807) is 13.8 Å². The van der Waals surface area contributed by atoms with Gasteiger partial charge in [0.15, 0.2) is 0 Å². The van der Waals surface area contributed by atoms with Crippen molar-refractivity contribution in [3.8, 4) is 0 Å². The summed E-state index contributed by atoms with van der Waals surface area (Å²) in [6.45, 7) is 3.74. The van der Waals surface area contributed by atoms with E-state index in [4.69, 9.17) is 32.7 Å². The van der Waals surface area contributed by atoms with Gasteiger partial charge < -0.3 is 9.47 Å². The number of carbonyl (C=O) groups is 2. The van der Waals surface area contributed by atoms with Crippen molar-refractivity contribution >= 4 is 46.5 Å². The zero-order chi connectivity index (χ0) is 15.8. The average Bonchev–Trinajstić information content (AvgIpc) is 2.37. The molecule has 0 saturated heterocycles. The van der Waals surface area contributed by atoms with E-state index in [9.17, 15) is 9.59 Å². The Morgan fingerprint density at radius 3 is 2.14 bits per heavy atom. The van der Waals surface area contributed by atoms with Gasteiger partial charge in [-0.1, -0.05) is 23.2 Å². The Hall–Kier alpha value is -1.59. The lowest BCUT2D eigenvalue weighted by molar-refractivity contribution is -0.143. The summed E-state index contributed by atoms with van der Waals surface area (Å²) in [6.07, 6.45) is -0.281. The number of ether oxygens (including phenoxy) is 2. The zero-order valence-electron chi connectivity index (χ0n) is 11.7. The van der Waals surface area contributed by atoms with E-state index in [0.29, 0.717) is 15.7 Å². The number of hydrogen-bond donors (Lipinski definition) is 0. The van der Waals surface area contributed by atoms with Crippen LogP contribution in [0.3, 0.4) is 0 Å². The number of halogens is 2. The zero-order valence-corrected chi connectivity index (χ0v) is 13.2. The molecule has 0 aliphatic heterocycles. The van der Waals surface area contributed by atoms with Gasteiger partial charge in [-0.3, -0.25) is 4.79 Å². The van der Waals surface area contributed by atoms with Crippen molar-refractivity contribution in [3.63, 3.8) is 0 Å². The molecule has 0 spiro atoms. The van der Waals surface area contributed by atoms with Crippen LogP contribution in [0.25, 0.3) is 0 Å². The predicted octanol–water partition coefficient (Wildman–Crippen LogP) is 3.58. The molecule has 0 radical (unpaired) electrons. The summed E-state index contributed by atoms with van der Waals surface area (Å²) in [5.41, 5.74) is 0.300. The quantitative estimate of drug-likeness (QED) is 0.590. The molecule has 5 nitrogen and oxygen atoms in total. The molecular weight excluding hydrogens is 317 g/mol. The van der Waals surface area contributed by atoms with Crippen LogP contribution < -0.4 is 0 Å². The molecule has 0 aromatic heterocycles. The minimum atomic E-state index is -0.679. The van der Waals surface area contributed by atoms with E-state index < -0.39 is 11.9 Å². The van der Waals surface area contributed by atoms with E-state index in [0.717, 1.165) is 0 Å². The van der Waals surface area contributed by atoms with Crippen LogP contribution in [0.15, 0.2) is 23.2 Å². The van der Waals surface area contributed by atoms with Gasteiger partial charge in [-0.2, -0.15) is 0 Å². The standard InChI is InChI=1S/C14H15Cl2NO4/c1-3-20-13(18)8-12(14(19)21-4-2)17-11-6-9(15)5-10(16)7-11/h5-7H,3-4,8H2,1-2H3. The monoisotopic (exact) mass is 331 g/mol. The first kappa shape index (κ1) is 17.5. The van der Waals surface area contributed by atoms with Crippen LogP contribution in [0.4, 0.5) is 5.69 Å². The lowest BCUT2D eigenvalue weighted by atomic mass is 10.2. The summed E-state index contributed by atoms with van der Waals surface area (Å²) >= 11 is 11.7. The summed E-state index contributed by atoms with van der Waals surface area (Å²) in [7, 11) is 0. The molecule has 0 fully saturated rings. The molecule has 0 heterocycles. The number of nitrogens with zero attached hydrogens (tertiary/aromatic N) is 1. The first-order valence-corrected chi connectivity index (χ1v) is 7.08. The molecule has 0 unspecified atom stereocenters. The molecule has 0 atom stereocenters. The highest BCUT2D eigenvalue weighted by molar-refractivity contribution is 6.40. The number of rotatable bonds is 6. The van der Waals surface area contributed by atoms with E-state index in [2.05, 4.69) is 4.99 Å². The second-order valence-corrected chi connectivity index (χ2v) is 4.76. The van der Waals surface area contributed by atoms with Gasteiger partial charge in [0, 0.05) is 10.0 Å². The third-order valence-electron chi connectivity index (χ3n) is 2.24. The molecular formula is C14H15Cl2NO4. The fraction of sp³-hybridized carbons (Fsp3) is 0.357. The molecule has 114 valence electrons. The topological polar surface area (TPSA) is 65.0 Å². The van der Waals surface area contributed by atoms with Crippen LogP contribution in [0.1, 0.15) is 20.3 Å². The maximum atomic E-state index is 11.8. The van der Waals surface area contributed by atoms with Crippen molar-refractivity contribution in [2.24, 2.45) is 4.99 Å². The van der Waals surface area contributed by atoms with Crippen LogP contribution in [0.2, 0.25) is 10.0 Å². The van der Waals surface area contributed by atoms with Crippen molar-refractivity contribution < 1.29 is 19.1 Å². The molecule has 0 saturated carbocycles. The second-order valence-electron chi connectivity index (χ2n) is 3.89. The van der Waals surface area contributed by atoms with Gasteiger partial charge in [-0.25, -0.2) is 9.79 Å². The Morgan fingerprint density at radius 1 is 1.05 bits per heavy atom. The van der Waals surface area contributed by atoms with Gasteiger partial charge in [0.1, 0.15) is 5.71 Å². The van der Waals surface area contributed by atoms with E-state index >= 15 is 0 Å². The number of benzene rings is 1. The maximum absolute atomic E-state index is 11.8. The van der Waals surface area contributed by atoms with Crippen molar-refractivity contribution in [2.75, 3.05) is 13.2 Å². The molecule has 7 heteroatoms. The van der Waals surface area contributed by atoms with Gasteiger partial charge in [0.25, 0.3) is 0 Å². The fourth-order valence-corrected chi connectivity index (χ4v) is 1.99. The highest BCUT2D eigenvalue weighted by Gasteiger charge is 2.18. The van der Waals surface area contributed by atoms with Gasteiger partial charge in [0.2, 0.25) is 0 Å². The lowest BCUT2D eigenvalue weighted by Crippen LogP contribution is -2.22. The van der Waals surface area contributed by atoms with Crippen LogP contribution in [-0.2, 0) is 19.1 Å². The molecule has 1 rings (SSSR count). The fourth-order valence-electron chi connectivity index (χ4n) is 1.48. The molecule has 21 heavy (non-hydrogen) atoms. The van der Waals surface area contributed by atoms with Crippen LogP contribution in [0, 0.1) is 0 Å². The number of hydrogen-bond acceptors (Lipinski definition) is 5. The van der Waals surface area contributed by atoms with E-state index in [-0.39, 0.29) is 25.3 Å². The highest BCUT2D eigenvalue weighted by Crippen LogP contribution is 2.25. The number of aliphatic imine (C=N–C) groups is 1. The molecule has 0 aliphatic rings. The van der Waals surface area contributed by atoms with Crippen molar-refractivity contribution in [2.45, 2.75) is 20.3 Å². The minimum Gasteiger partial charge on any atom is -0.466 e. The molecule has 1 aromatic rings. The summed E-state index contributed by atoms with van der Waals surface area (Å²) in [5.74, 6) is -1.24. The van der Waals surface area contributed by atoms with Crippen molar-refractivity contribution in [1.82, 2.24) is 0 Å². The van der Waals surface area contributed by atoms with Crippen molar-refractivity contribution in [3.05, 3.63) is 28.2 Å². The minimum absolute atomic E-state index is 0.0615. The molecule has 1 aromatic carbocycles. The Bertz CT molecular complexity index is 538.